The Labute approximate surface area is 106 Å². The number of hydrogen-bond donors (Lipinski definition) is 1. The molecule has 1 aromatic rings. The summed E-state index contributed by atoms with van der Waals surface area (Å²) in [6.45, 7) is 0.610. The van der Waals surface area contributed by atoms with Crippen molar-refractivity contribution >= 4 is 11.6 Å². The maximum absolute atomic E-state index is 5.64. The molecule has 3 nitrogen and oxygen atoms in total. The van der Waals surface area contributed by atoms with Crippen LogP contribution in [0.4, 0.5) is 0 Å². The number of fused-ring (bicyclic) bond motifs is 1. The molecule has 4 rings (SSSR count). The Balaban J connectivity index is 1.69. The van der Waals surface area contributed by atoms with Gasteiger partial charge in [-0.25, -0.2) is 4.99 Å². The number of ether oxygens (including phenoxy) is 1. The zero-order valence-electron chi connectivity index (χ0n) is 9.94. The topological polar surface area (TPSA) is 47.6 Å². The molecule has 3 heteroatoms. The zero-order chi connectivity index (χ0) is 12.2. The molecule has 0 fully saturated rings. The number of rotatable bonds is 1. The van der Waals surface area contributed by atoms with E-state index in [9.17, 15) is 0 Å². The first-order valence-corrected chi connectivity index (χ1v) is 6.14. The van der Waals surface area contributed by atoms with Crippen LogP contribution in [0, 0.1) is 6.08 Å². The fraction of sp³-hybridized carbons (Fsp3) is 0.267. The van der Waals surface area contributed by atoms with Crippen LogP contribution in [0.2, 0.25) is 0 Å². The van der Waals surface area contributed by atoms with Crippen LogP contribution in [0.1, 0.15) is 16.7 Å². The molecule has 1 unspecified atom stereocenters. The van der Waals surface area contributed by atoms with Crippen molar-refractivity contribution in [3.8, 4) is 0 Å². The van der Waals surface area contributed by atoms with Crippen molar-refractivity contribution < 1.29 is 4.74 Å². The fourth-order valence-corrected chi connectivity index (χ4v) is 2.94. The highest BCUT2D eigenvalue weighted by atomic mass is 16.5. The van der Waals surface area contributed by atoms with Gasteiger partial charge in [-0.1, -0.05) is 6.07 Å². The summed E-state index contributed by atoms with van der Waals surface area (Å²) < 4.78 is 5.33. The Morgan fingerprint density at radius 1 is 1.28 bits per heavy atom. The predicted octanol–water partition coefficient (Wildman–Crippen LogP) is 1.63. The van der Waals surface area contributed by atoms with Crippen molar-refractivity contribution in [2.75, 3.05) is 6.61 Å². The largest absolute Gasteiger partial charge is 0.463 e. The van der Waals surface area contributed by atoms with Gasteiger partial charge in [-0.05, 0) is 23.3 Å². The lowest BCUT2D eigenvalue weighted by Gasteiger charge is -2.15. The minimum atomic E-state index is -0.138. The minimum Gasteiger partial charge on any atom is -0.463 e. The first kappa shape index (κ1) is 9.86. The van der Waals surface area contributed by atoms with Crippen LogP contribution in [0.5, 0.6) is 0 Å². The molecule has 0 amide bonds. The summed E-state index contributed by atoms with van der Waals surface area (Å²) in [7, 11) is 0. The van der Waals surface area contributed by atoms with Crippen LogP contribution >= 0.6 is 0 Å². The third-order valence-electron chi connectivity index (χ3n) is 3.89. The quantitative estimate of drug-likeness (QED) is 0.754. The van der Waals surface area contributed by atoms with Gasteiger partial charge in [-0.15, -0.1) is 0 Å². The van der Waals surface area contributed by atoms with Gasteiger partial charge >= 0.3 is 0 Å². The van der Waals surface area contributed by atoms with Crippen LogP contribution in [0.25, 0.3) is 5.57 Å². The standard InChI is InChI=1S/C15H13N2O/c16-14-17-15(9-18-14)7-12-5-4-11(6-13(12)8-15)10-2-1-3-10/h2-6H,7-9H2,(H2,16,17)/q+1. The second-order valence-electron chi connectivity index (χ2n) is 5.21. The molecular weight excluding hydrogens is 224 g/mol. The van der Waals surface area contributed by atoms with Gasteiger partial charge in [-0.3, -0.25) is 0 Å². The second kappa shape index (κ2) is 3.21. The van der Waals surface area contributed by atoms with Crippen molar-refractivity contribution in [1.82, 2.24) is 0 Å². The van der Waals surface area contributed by atoms with E-state index in [0.717, 1.165) is 12.8 Å². The SMILES string of the molecule is NC1=NC2(CO1)Cc1ccc(C3=C[C+]=C3)cc1C2. The molecule has 1 aromatic carbocycles. The molecular formula is C15H13N2O+. The van der Waals surface area contributed by atoms with E-state index in [1.807, 2.05) is 12.2 Å². The Morgan fingerprint density at radius 3 is 2.78 bits per heavy atom. The first-order chi connectivity index (χ1) is 8.74. The lowest BCUT2D eigenvalue weighted by Crippen LogP contribution is -2.28. The van der Waals surface area contributed by atoms with Gasteiger partial charge in [0.15, 0.2) is 0 Å². The van der Waals surface area contributed by atoms with Gasteiger partial charge in [-0.2, -0.15) is 0 Å². The van der Waals surface area contributed by atoms with E-state index >= 15 is 0 Å². The van der Waals surface area contributed by atoms with Gasteiger partial charge in [0.2, 0.25) is 0 Å². The maximum atomic E-state index is 5.64. The van der Waals surface area contributed by atoms with E-state index in [1.54, 1.807) is 0 Å². The maximum Gasteiger partial charge on any atom is 0.282 e. The Bertz CT molecular complexity index is 627. The number of benzene rings is 1. The van der Waals surface area contributed by atoms with Gasteiger partial charge in [0, 0.05) is 24.5 Å². The molecule has 0 saturated carbocycles. The van der Waals surface area contributed by atoms with Gasteiger partial charge < -0.3 is 10.5 Å². The molecule has 0 saturated heterocycles. The van der Waals surface area contributed by atoms with Crippen molar-refractivity contribution in [3.05, 3.63) is 53.1 Å². The third-order valence-corrected chi connectivity index (χ3v) is 3.89. The normalized spacial score (nSPS) is 27.1. The smallest absolute Gasteiger partial charge is 0.282 e. The minimum absolute atomic E-state index is 0.138. The molecule has 0 bridgehead atoms. The van der Waals surface area contributed by atoms with Crippen molar-refractivity contribution in [1.29, 1.82) is 0 Å². The molecule has 1 heterocycles. The highest BCUT2D eigenvalue weighted by molar-refractivity contribution is 5.80. The van der Waals surface area contributed by atoms with Crippen LogP contribution in [-0.2, 0) is 17.6 Å². The van der Waals surface area contributed by atoms with Crippen molar-refractivity contribution in [3.63, 3.8) is 0 Å². The number of allylic oxidation sites excluding steroid dienone is 4. The molecule has 88 valence electrons. The molecule has 0 radical (unpaired) electrons. The van der Waals surface area contributed by atoms with Crippen LogP contribution < -0.4 is 5.73 Å². The number of nitrogens with two attached hydrogens (primary N) is 1. The lowest BCUT2D eigenvalue weighted by atomic mass is 9.96. The second-order valence-corrected chi connectivity index (χ2v) is 5.21. The van der Waals surface area contributed by atoms with Gasteiger partial charge in [0.1, 0.15) is 29.9 Å². The van der Waals surface area contributed by atoms with E-state index in [1.165, 1.54) is 22.3 Å². The van der Waals surface area contributed by atoms with Crippen LogP contribution in [-0.4, -0.2) is 18.2 Å². The average Bonchev–Trinajstić information content (AvgIpc) is 2.79. The Hall–Kier alpha value is -2.12. The van der Waals surface area contributed by atoms with E-state index in [2.05, 4.69) is 29.3 Å². The summed E-state index contributed by atoms with van der Waals surface area (Å²) in [6, 6.07) is 6.97. The molecule has 2 aliphatic carbocycles. The first-order valence-electron chi connectivity index (χ1n) is 6.14. The Kier molecular flexibility index (Phi) is 1.76. The van der Waals surface area contributed by atoms with E-state index in [-0.39, 0.29) is 5.54 Å². The van der Waals surface area contributed by atoms with Crippen LogP contribution in [0.3, 0.4) is 0 Å². The molecule has 1 aliphatic heterocycles. The van der Waals surface area contributed by atoms with Gasteiger partial charge in [0.25, 0.3) is 6.02 Å². The summed E-state index contributed by atoms with van der Waals surface area (Å²) in [6.07, 6.45) is 8.93. The van der Waals surface area contributed by atoms with Crippen molar-refractivity contribution in [2.24, 2.45) is 10.7 Å². The van der Waals surface area contributed by atoms with Gasteiger partial charge in [0.05, 0.1) is 0 Å². The summed E-state index contributed by atoms with van der Waals surface area (Å²) >= 11 is 0. The molecule has 18 heavy (non-hydrogen) atoms. The van der Waals surface area contributed by atoms with E-state index in [4.69, 9.17) is 10.5 Å². The number of amidine groups is 1. The summed E-state index contributed by atoms with van der Waals surface area (Å²) in [5, 5.41) is 0. The summed E-state index contributed by atoms with van der Waals surface area (Å²) in [5.41, 5.74) is 10.8. The van der Waals surface area contributed by atoms with Crippen molar-refractivity contribution in [2.45, 2.75) is 18.4 Å². The third kappa shape index (κ3) is 1.31. The molecule has 2 N–H and O–H groups in total. The number of nitrogens with zero attached hydrogens (tertiary/aromatic N) is 1. The predicted molar refractivity (Wildman–Crippen MR) is 69.9 cm³/mol. The highest BCUT2D eigenvalue weighted by Crippen LogP contribution is 2.37. The molecule has 3 aliphatic rings. The molecule has 0 aromatic heterocycles. The van der Waals surface area contributed by atoms with Crippen LogP contribution in [0.15, 0.2) is 35.3 Å². The molecule has 1 spiro atoms. The highest BCUT2D eigenvalue weighted by Gasteiger charge is 2.42. The zero-order valence-corrected chi connectivity index (χ0v) is 9.94. The Morgan fingerprint density at radius 2 is 2.11 bits per heavy atom. The lowest BCUT2D eigenvalue weighted by molar-refractivity contribution is 0.258. The fourth-order valence-electron chi connectivity index (χ4n) is 2.94. The number of hydrogen-bond acceptors (Lipinski definition) is 3. The monoisotopic (exact) mass is 237 g/mol. The molecule has 1 atom stereocenters. The number of aliphatic imine (C=N–C) groups is 1. The van der Waals surface area contributed by atoms with E-state index in [0.29, 0.717) is 12.6 Å². The van der Waals surface area contributed by atoms with E-state index < -0.39 is 0 Å². The summed E-state index contributed by atoms with van der Waals surface area (Å²) in [4.78, 5) is 4.48. The average molecular weight is 237 g/mol. The summed E-state index contributed by atoms with van der Waals surface area (Å²) in [5.74, 6) is 0.